The zero-order valence-electron chi connectivity index (χ0n) is 11.9. The van der Waals surface area contributed by atoms with Crippen molar-refractivity contribution in [2.45, 2.75) is 19.1 Å². The molecular weight excluding hydrogens is 287 g/mol. The highest BCUT2D eigenvalue weighted by atomic mass is 19.4. The van der Waals surface area contributed by atoms with Gasteiger partial charge in [-0.25, -0.2) is 0 Å². The molecule has 0 aromatic heterocycles. The molecule has 0 bridgehead atoms. The van der Waals surface area contributed by atoms with Crippen LogP contribution in [-0.4, -0.2) is 33.5 Å². The molecule has 0 aliphatic rings. The van der Waals surface area contributed by atoms with Crippen LogP contribution in [0.2, 0.25) is 0 Å². The number of hydrogen-bond acceptors (Lipinski definition) is 4. The molecule has 0 unspecified atom stereocenters. The Morgan fingerprint density at radius 3 is 2.48 bits per heavy atom. The molecule has 0 aliphatic carbocycles. The fourth-order valence-corrected chi connectivity index (χ4v) is 1.68. The van der Waals surface area contributed by atoms with E-state index in [1.165, 1.54) is 12.1 Å². The summed E-state index contributed by atoms with van der Waals surface area (Å²) in [6.45, 7) is 1.58. The Labute approximate surface area is 122 Å². The second kappa shape index (κ2) is 8.86. The second-order valence-electron chi connectivity index (χ2n) is 4.33. The van der Waals surface area contributed by atoms with Crippen molar-refractivity contribution in [3.63, 3.8) is 0 Å². The molecule has 2 N–H and O–H groups in total. The molecule has 0 fully saturated rings. The van der Waals surface area contributed by atoms with Gasteiger partial charge in [0.25, 0.3) is 0 Å². The average Bonchev–Trinajstić information content (AvgIpc) is 2.45. The van der Waals surface area contributed by atoms with Gasteiger partial charge in [-0.15, -0.1) is 0 Å². The molecule has 0 amide bonds. The van der Waals surface area contributed by atoms with Gasteiger partial charge in [-0.3, -0.25) is 0 Å². The Kier molecular flexibility index (Phi) is 7.49. The molecule has 7 heteroatoms. The second-order valence-corrected chi connectivity index (χ2v) is 4.33. The normalized spacial score (nSPS) is 11.7. The van der Waals surface area contributed by atoms with Crippen LogP contribution in [0, 0.1) is 0 Å². The molecule has 0 radical (unpaired) electrons. The predicted molar refractivity (Wildman–Crippen MR) is 72.1 cm³/mol. The molecular formula is C14H20F3NO3. The standard InChI is InChI=1S/C14H20F3NO3/c1-19-7-8-20-5-2-6-21-12-4-3-11(10-18)13(9-12)14(15,16)17/h3-4,9H,2,5-8,10,18H2,1H3. The maximum atomic E-state index is 12.8. The van der Waals surface area contributed by atoms with Gasteiger partial charge in [0.05, 0.1) is 25.4 Å². The fraction of sp³-hybridized carbons (Fsp3) is 0.571. The van der Waals surface area contributed by atoms with Crippen molar-refractivity contribution in [2.24, 2.45) is 5.73 Å². The molecule has 120 valence electrons. The van der Waals surface area contributed by atoms with Gasteiger partial charge in [-0.05, 0) is 17.7 Å². The molecule has 1 aromatic carbocycles. The highest BCUT2D eigenvalue weighted by molar-refractivity contribution is 5.37. The molecule has 1 aromatic rings. The smallest absolute Gasteiger partial charge is 0.416 e. The summed E-state index contributed by atoms with van der Waals surface area (Å²) in [6, 6.07) is 3.81. The Morgan fingerprint density at radius 2 is 1.86 bits per heavy atom. The summed E-state index contributed by atoms with van der Waals surface area (Å²) in [5.41, 5.74) is 4.61. The number of rotatable bonds is 9. The van der Waals surface area contributed by atoms with Crippen molar-refractivity contribution in [3.8, 4) is 5.75 Å². The number of halogens is 3. The van der Waals surface area contributed by atoms with E-state index in [0.717, 1.165) is 6.07 Å². The number of hydrogen-bond donors (Lipinski definition) is 1. The van der Waals surface area contributed by atoms with Crippen molar-refractivity contribution >= 4 is 0 Å². The number of nitrogens with two attached hydrogens (primary N) is 1. The summed E-state index contributed by atoms with van der Waals surface area (Å²) >= 11 is 0. The first-order valence-corrected chi connectivity index (χ1v) is 6.58. The van der Waals surface area contributed by atoms with Crippen LogP contribution in [0.4, 0.5) is 13.2 Å². The SMILES string of the molecule is COCCOCCCOc1ccc(CN)c(C(F)(F)F)c1. The van der Waals surface area contributed by atoms with E-state index in [1.54, 1.807) is 7.11 Å². The lowest BCUT2D eigenvalue weighted by atomic mass is 10.1. The van der Waals surface area contributed by atoms with Gasteiger partial charge in [0, 0.05) is 26.7 Å². The minimum Gasteiger partial charge on any atom is -0.493 e. The van der Waals surface area contributed by atoms with E-state index < -0.39 is 11.7 Å². The van der Waals surface area contributed by atoms with Gasteiger partial charge < -0.3 is 19.9 Å². The lowest BCUT2D eigenvalue weighted by Gasteiger charge is -2.14. The van der Waals surface area contributed by atoms with E-state index in [1.807, 2.05) is 0 Å². The van der Waals surface area contributed by atoms with E-state index in [4.69, 9.17) is 19.9 Å². The summed E-state index contributed by atoms with van der Waals surface area (Å²) in [5.74, 6) is 0.177. The summed E-state index contributed by atoms with van der Waals surface area (Å²) < 4.78 is 53.8. The van der Waals surface area contributed by atoms with Gasteiger partial charge in [0.15, 0.2) is 0 Å². The number of ether oxygens (including phenoxy) is 3. The third-order valence-electron chi connectivity index (χ3n) is 2.74. The Balaban J connectivity index is 2.46. The van der Waals surface area contributed by atoms with Crippen LogP contribution in [0.25, 0.3) is 0 Å². The quantitative estimate of drug-likeness (QED) is 0.713. The lowest BCUT2D eigenvalue weighted by Crippen LogP contribution is -2.12. The van der Waals surface area contributed by atoms with Gasteiger partial charge in [0.2, 0.25) is 0 Å². The van der Waals surface area contributed by atoms with Crippen molar-refractivity contribution in [2.75, 3.05) is 33.5 Å². The van der Waals surface area contributed by atoms with Crippen LogP contribution in [0.15, 0.2) is 18.2 Å². The molecule has 0 saturated heterocycles. The first-order chi connectivity index (χ1) is 9.99. The van der Waals surface area contributed by atoms with E-state index in [0.29, 0.717) is 26.2 Å². The van der Waals surface area contributed by atoms with Crippen LogP contribution in [-0.2, 0) is 22.2 Å². The maximum absolute atomic E-state index is 12.8. The summed E-state index contributed by atoms with van der Waals surface area (Å²) in [5, 5.41) is 0. The average molecular weight is 307 g/mol. The molecule has 1 rings (SSSR count). The fourth-order valence-electron chi connectivity index (χ4n) is 1.68. The zero-order chi connectivity index (χ0) is 15.7. The first kappa shape index (κ1) is 17.7. The van der Waals surface area contributed by atoms with E-state index >= 15 is 0 Å². The van der Waals surface area contributed by atoms with E-state index in [-0.39, 0.29) is 24.5 Å². The number of alkyl halides is 3. The Hall–Kier alpha value is -1.31. The van der Waals surface area contributed by atoms with Crippen molar-refractivity contribution < 1.29 is 27.4 Å². The summed E-state index contributed by atoms with van der Waals surface area (Å²) in [6.07, 6.45) is -3.85. The van der Waals surface area contributed by atoms with Crippen LogP contribution in [0.1, 0.15) is 17.5 Å². The van der Waals surface area contributed by atoms with Crippen molar-refractivity contribution in [1.82, 2.24) is 0 Å². The third kappa shape index (κ3) is 6.33. The van der Waals surface area contributed by atoms with Crippen molar-refractivity contribution in [3.05, 3.63) is 29.3 Å². The van der Waals surface area contributed by atoms with Gasteiger partial charge in [-0.2, -0.15) is 13.2 Å². The Bertz CT molecular complexity index is 424. The molecule has 0 saturated carbocycles. The Morgan fingerprint density at radius 1 is 1.10 bits per heavy atom. The molecule has 4 nitrogen and oxygen atoms in total. The summed E-state index contributed by atoms with van der Waals surface area (Å²) in [4.78, 5) is 0. The molecule has 0 spiro atoms. The number of methoxy groups -OCH3 is 1. The molecule has 21 heavy (non-hydrogen) atoms. The van der Waals surface area contributed by atoms with Crippen LogP contribution in [0.5, 0.6) is 5.75 Å². The zero-order valence-corrected chi connectivity index (χ0v) is 11.9. The van der Waals surface area contributed by atoms with E-state index in [9.17, 15) is 13.2 Å². The molecule has 0 atom stereocenters. The van der Waals surface area contributed by atoms with Crippen LogP contribution in [0.3, 0.4) is 0 Å². The van der Waals surface area contributed by atoms with E-state index in [2.05, 4.69) is 0 Å². The first-order valence-electron chi connectivity index (χ1n) is 6.58. The monoisotopic (exact) mass is 307 g/mol. The van der Waals surface area contributed by atoms with Crippen LogP contribution < -0.4 is 10.5 Å². The minimum atomic E-state index is -4.43. The van der Waals surface area contributed by atoms with Gasteiger partial charge in [-0.1, -0.05) is 6.07 Å². The molecule has 0 aliphatic heterocycles. The lowest BCUT2D eigenvalue weighted by molar-refractivity contribution is -0.138. The maximum Gasteiger partial charge on any atom is 0.416 e. The predicted octanol–water partition coefficient (Wildman–Crippen LogP) is 2.60. The van der Waals surface area contributed by atoms with Crippen LogP contribution >= 0.6 is 0 Å². The molecule has 0 heterocycles. The van der Waals surface area contributed by atoms with Gasteiger partial charge in [0.1, 0.15) is 5.75 Å². The third-order valence-corrected chi connectivity index (χ3v) is 2.74. The topological polar surface area (TPSA) is 53.7 Å². The largest absolute Gasteiger partial charge is 0.493 e. The highest BCUT2D eigenvalue weighted by Gasteiger charge is 2.33. The number of benzene rings is 1. The summed E-state index contributed by atoms with van der Waals surface area (Å²) in [7, 11) is 1.58. The minimum absolute atomic E-state index is 0.0535. The highest BCUT2D eigenvalue weighted by Crippen LogP contribution is 2.34. The van der Waals surface area contributed by atoms with Gasteiger partial charge >= 0.3 is 6.18 Å². The van der Waals surface area contributed by atoms with Crippen molar-refractivity contribution in [1.29, 1.82) is 0 Å².